The molecule has 22 heavy (non-hydrogen) atoms. The lowest BCUT2D eigenvalue weighted by atomic mass is 9.99. The maximum atomic E-state index is 11.7. The highest BCUT2D eigenvalue weighted by Crippen LogP contribution is 2.32. The Bertz CT molecular complexity index is 785. The van der Waals surface area contributed by atoms with Gasteiger partial charge in [-0.3, -0.25) is 4.79 Å². The molecular formula is C16H16N4O2. The van der Waals surface area contributed by atoms with Gasteiger partial charge in [-0.15, -0.1) is 0 Å². The number of fused-ring (bicyclic) bond motifs is 1. The SMILES string of the molecule is O=C1C=C(c2c[nH]c3ncnc(N4CCOCC4)c23)C=CC1. The second kappa shape index (κ2) is 5.38. The number of hydrogen-bond acceptors (Lipinski definition) is 5. The van der Waals surface area contributed by atoms with Crippen LogP contribution in [0.15, 0.2) is 30.8 Å². The molecule has 0 atom stereocenters. The van der Waals surface area contributed by atoms with Crippen LogP contribution in [0.5, 0.6) is 0 Å². The molecule has 1 fully saturated rings. The van der Waals surface area contributed by atoms with E-state index in [-0.39, 0.29) is 5.78 Å². The number of morpholine rings is 1. The van der Waals surface area contributed by atoms with Gasteiger partial charge in [0.15, 0.2) is 5.78 Å². The van der Waals surface area contributed by atoms with Crippen LogP contribution in [-0.2, 0) is 9.53 Å². The number of allylic oxidation sites excluding steroid dienone is 4. The molecule has 0 bridgehead atoms. The van der Waals surface area contributed by atoms with E-state index in [1.54, 1.807) is 12.4 Å². The van der Waals surface area contributed by atoms with E-state index in [1.807, 2.05) is 18.3 Å². The number of nitrogens with one attached hydrogen (secondary N) is 1. The lowest BCUT2D eigenvalue weighted by molar-refractivity contribution is -0.113. The highest BCUT2D eigenvalue weighted by atomic mass is 16.5. The molecule has 6 heteroatoms. The van der Waals surface area contributed by atoms with Crippen molar-refractivity contribution in [2.45, 2.75) is 6.42 Å². The van der Waals surface area contributed by atoms with E-state index in [0.717, 1.165) is 41.1 Å². The van der Waals surface area contributed by atoms with Crippen LogP contribution < -0.4 is 4.90 Å². The van der Waals surface area contributed by atoms with Crippen molar-refractivity contribution in [1.29, 1.82) is 0 Å². The molecule has 0 saturated carbocycles. The average Bonchev–Trinajstić information content (AvgIpc) is 3.00. The monoisotopic (exact) mass is 296 g/mol. The molecule has 2 aromatic rings. The van der Waals surface area contributed by atoms with Crippen molar-refractivity contribution in [3.05, 3.63) is 36.3 Å². The zero-order valence-electron chi connectivity index (χ0n) is 12.1. The number of rotatable bonds is 2. The number of ketones is 1. The first-order chi connectivity index (χ1) is 10.8. The molecule has 0 aromatic carbocycles. The van der Waals surface area contributed by atoms with Gasteiger partial charge in [0.2, 0.25) is 0 Å². The number of anilines is 1. The van der Waals surface area contributed by atoms with E-state index < -0.39 is 0 Å². The molecule has 0 spiro atoms. The molecule has 1 aliphatic heterocycles. The van der Waals surface area contributed by atoms with Crippen molar-refractivity contribution in [3.63, 3.8) is 0 Å². The summed E-state index contributed by atoms with van der Waals surface area (Å²) in [6, 6.07) is 0. The van der Waals surface area contributed by atoms with E-state index in [9.17, 15) is 4.79 Å². The standard InChI is InChI=1S/C16H16N4O2/c21-12-3-1-2-11(8-12)13-9-17-15-14(13)16(19-10-18-15)20-4-6-22-7-5-20/h1-2,8-10H,3-7H2,(H,17,18,19). The minimum Gasteiger partial charge on any atom is -0.378 e. The highest BCUT2D eigenvalue weighted by molar-refractivity contribution is 6.07. The van der Waals surface area contributed by atoms with Gasteiger partial charge in [-0.2, -0.15) is 0 Å². The zero-order chi connectivity index (χ0) is 14.9. The minimum absolute atomic E-state index is 0.122. The van der Waals surface area contributed by atoms with Gasteiger partial charge in [0.05, 0.1) is 18.6 Å². The van der Waals surface area contributed by atoms with Crippen LogP contribution in [0.25, 0.3) is 16.6 Å². The number of ether oxygens (including phenoxy) is 1. The fourth-order valence-corrected chi connectivity index (χ4v) is 2.94. The first-order valence-corrected chi connectivity index (χ1v) is 7.39. The number of hydrogen-bond donors (Lipinski definition) is 1. The van der Waals surface area contributed by atoms with Crippen LogP contribution in [0.1, 0.15) is 12.0 Å². The summed E-state index contributed by atoms with van der Waals surface area (Å²) in [5, 5.41) is 0.968. The normalized spacial score (nSPS) is 18.8. The largest absolute Gasteiger partial charge is 0.378 e. The summed E-state index contributed by atoms with van der Waals surface area (Å²) in [4.78, 5) is 25.9. The van der Waals surface area contributed by atoms with Gasteiger partial charge < -0.3 is 14.6 Å². The third kappa shape index (κ3) is 2.21. The predicted octanol–water partition coefficient (Wildman–Crippen LogP) is 1.71. The fourth-order valence-electron chi connectivity index (χ4n) is 2.94. The number of carbonyl (C=O) groups excluding carboxylic acids is 1. The summed E-state index contributed by atoms with van der Waals surface area (Å²) >= 11 is 0. The summed E-state index contributed by atoms with van der Waals surface area (Å²) in [6.45, 7) is 3.02. The topological polar surface area (TPSA) is 71.1 Å². The Morgan fingerprint density at radius 3 is 2.91 bits per heavy atom. The van der Waals surface area contributed by atoms with Gasteiger partial charge in [0.25, 0.3) is 0 Å². The summed E-state index contributed by atoms with van der Waals surface area (Å²) in [6.07, 6.45) is 9.52. The number of carbonyl (C=O) groups is 1. The van der Waals surface area contributed by atoms with E-state index >= 15 is 0 Å². The smallest absolute Gasteiger partial charge is 0.160 e. The number of aromatic nitrogens is 3. The van der Waals surface area contributed by atoms with Crippen molar-refractivity contribution in [3.8, 4) is 0 Å². The molecule has 0 unspecified atom stereocenters. The van der Waals surface area contributed by atoms with E-state index in [4.69, 9.17) is 4.74 Å². The molecule has 6 nitrogen and oxygen atoms in total. The Kier molecular flexibility index (Phi) is 3.23. The summed E-state index contributed by atoms with van der Waals surface area (Å²) in [7, 11) is 0. The van der Waals surface area contributed by atoms with Crippen molar-refractivity contribution in [2.75, 3.05) is 31.2 Å². The van der Waals surface area contributed by atoms with Crippen LogP contribution in [0.3, 0.4) is 0 Å². The van der Waals surface area contributed by atoms with Crippen LogP contribution in [0, 0.1) is 0 Å². The fraction of sp³-hybridized carbons (Fsp3) is 0.312. The third-order valence-electron chi connectivity index (χ3n) is 4.00. The molecule has 112 valence electrons. The molecule has 1 N–H and O–H groups in total. The zero-order valence-corrected chi connectivity index (χ0v) is 12.1. The van der Waals surface area contributed by atoms with Crippen molar-refractivity contribution in [2.24, 2.45) is 0 Å². The number of H-pyrrole nitrogens is 1. The van der Waals surface area contributed by atoms with Crippen LogP contribution in [0.4, 0.5) is 5.82 Å². The minimum atomic E-state index is 0.122. The Morgan fingerprint density at radius 2 is 2.09 bits per heavy atom. The number of nitrogens with zero attached hydrogens (tertiary/aromatic N) is 3. The first-order valence-electron chi connectivity index (χ1n) is 7.39. The van der Waals surface area contributed by atoms with Gasteiger partial charge in [0.1, 0.15) is 17.8 Å². The average molecular weight is 296 g/mol. The maximum absolute atomic E-state index is 11.7. The Balaban J connectivity index is 1.86. The van der Waals surface area contributed by atoms with Crippen molar-refractivity contribution in [1.82, 2.24) is 15.0 Å². The molecule has 3 heterocycles. The van der Waals surface area contributed by atoms with E-state index in [2.05, 4.69) is 19.9 Å². The molecule has 0 radical (unpaired) electrons. The quantitative estimate of drug-likeness (QED) is 0.913. The Hall–Kier alpha value is -2.47. The molecular weight excluding hydrogens is 280 g/mol. The predicted molar refractivity (Wildman–Crippen MR) is 83.7 cm³/mol. The lowest BCUT2D eigenvalue weighted by Gasteiger charge is -2.28. The van der Waals surface area contributed by atoms with Crippen molar-refractivity contribution >= 4 is 28.2 Å². The molecule has 4 rings (SSSR count). The van der Waals surface area contributed by atoms with Gasteiger partial charge in [-0.1, -0.05) is 12.2 Å². The summed E-state index contributed by atoms with van der Waals surface area (Å²) in [5.74, 6) is 1.02. The molecule has 1 aliphatic carbocycles. The van der Waals surface area contributed by atoms with Gasteiger partial charge in [0, 0.05) is 31.3 Å². The van der Waals surface area contributed by atoms with E-state index in [1.165, 1.54) is 0 Å². The molecule has 2 aliphatic rings. The third-order valence-corrected chi connectivity index (χ3v) is 4.00. The van der Waals surface area contributed by atoms with Crippen LogP contribution in [-0.4, -0.2) is 47.0 Å². The maximum Gasteiger partial charge on any atom is 0.160 e. The second-order valence-electron chi connectivity index (χ2n) is 5.40. The molecule has 1 saturated heterocycles. The first kappa shape index (κ1) is 13.2. The van der Waals surface area contributed by atoms with Gasteiger partial charge in [-0.05, 0) is 11.6 Å². The Morgan fingerprint density at radius 1 is 1.23 bits per heavy atom. The van der Waals surface area contributed by atoms with Crippen LogP contribution >= 0.6 is 0 Å². The van der Waals surface area contributed by atoms with Gasteiger partial charge in [-0.25, -0.2) is 9.97 Å². The summed E-state index contributed by atoms with van der Waals surface area (Å²) in [5.41, 5.74) is 2.67. The second-order valence-corrected chi connectivity index (χ2v) is 5.40. The molecule has 2 aromatic heterocycles. The Labute approximate surface area is 127 Å². The number of aromatic amines is 1. The molecule has 0 amide bonds. The van der Waals surface area contributed by atoms with Crippen molar-refractivity contribution < 1.29 is 9.53 Å². The highest BCUT2D eigenvalue weighted by Gasteiger charge is 2.20. The van der Waals surface area contributed by atoms with Crippen LogP contribution in [0.2, 0.25) is 0 Å². The summed E-state index contributed by atoms with van der Waals surface area (Å²) < 4.78 is 5.42. The van der Waals surface area contributed by atoms with E-state index in [0.29, 0.717) is 19.6 Å². The lowest BCUT2D eigenvalue weighted by Crippen LogP contribution is -2.36. The van der Waals surface area contributed by atoms with Gasteiger partial charge >= 0.3 is 0 Å².